The van der Waals surface area contributed by atoms with Crippen LogP contribution in [0.4, 0.5) is 0 Å². The Hall–Kier alpha value is -2.36. The monoisotopic (exact) mass is 310 g/mol. The molecule has 1 fully saturated rings. The minimum atomic E-state index is 0.0110. The summed E-state index contributed by atoms with van der Waals surface area (Å²) < 4.78 is 5.69. The summed E-state index contributed by atoms with van der Waals surface area (Å²) in [6.07, 6.45) is 3.81. The number of rotatable bonds is 6. The maximum Gasteiger partial charge on any atom is 0.273 e. The summed E-state index contributed by atoms with van der Waals surface area (Å²) in [6, 6.07) is 12.0. The third-order valence-electron chi connectivity index (χ3n) is 4.07. The standard InChI is InChI=1S/C19H22N2O2/c1-3-23-17-9-5-4-8-15(17)13-21(16-10-11-16)19(22)18-14(2)7-6-12-20-18/h4-9,12,16H,3,10-11,13H2,1-2H3. The number of amides is 1. The molecule has 1 amide bonds. The molecule has 1 saturated carbocycles. The topological polar surface area (TPSA) is 42.4 Å². The van der Waals surface area contributed by atoms with Crippen molar-refractivity contribution < 1.29 is 9.53 Å². The Labute approximate surface area is 137 Å². The fraction of sp³-hybridized carbons (Fsp3) is 0.368. The zero-order valence-corrected chi connectivity index (χ0v) is 13.7. The molecule has 1 heterocycles. The number of hydrogen-bond donors (Lipinski definition) is 0. The minimum absolute atomic E-state index is 0.0110. The van der Waals surface area contributed by atoms with Gasteiger partial charge in [0.2, 0.25) is 0 Å². The zero-order chi connectivity index (χ0) is 16.2. The van der Waals surface area contributed by atoms with Gasteiger partial charge in [0.25, 0.3) is 5.91 Å². The Morgan fingerprint density at radius 1 is 1.26 bits per heavy atom. The molecule has 1 aliphatic carbocycles. The third kappa shape index (κ3) is 3.52. The molecule has 0 saturated heterocycles. The van der Waals surface area contributed by atoms with Gasteiger partial charge in [-0.05, 0) is 44.4 Å². The predicted octanol–water partition coefficient (Wildman–Crippen LogP) is 3.59. The number of hydrogen-bond acceptors (Lipinski definition) is 3. The Morgan fingerprint density at radius 2 is 2.04 bits per heavy atom. The molecule has 2 aromatic rings. The smallest absolute Gasteiger partial charge is 0.273 e. The molecule has 0 atom stereocenters. The Balaban J connectivity index is 1.86. The van der Waals surface area contributed by atoms with Gasteiger partial charge < -0.3 is 9.64 Å². The van der Waals surface area contributed by atoms with Gasteiger partial charge in [0.15, 0.2) is 0 Å². The second-order valence-electron chi connectivity index (χ2n) is 5.87. The van der Waals surface area contributed by atoms with Crippen LogP contribution in [0.1, 0.15) is 41.4 Å². The van der Waals surface area contributed by atoms with Crippen molar-refractivity contribution in [2.45, 2.75) is 39.3 Å². The number of nitrogens with zero attached hydrogens (tertiary/aromatic N) is 2. The second-order valence-corrected chi connectivity index (χ2v) is 5.87. The van der Waals surface area contributed by atoms with Crippen molar-refractivity contribution in [1.29, 1.82) is 0 Å². The average molecular weight is 310 g/mol. The van der Waals surface area contributed by atoms with Crippen LogP contribution >= 0.6 is 0 Å². The first-order valence-corrected chi connectivity index (χ1v) is 8.14. The molecule has 1 aromatic carbocycles. The number of carbonyl (C=O) groups excluding carboxylic acids is 1. The highest BCUT2D eigenvalue weighted by Gasteiger charge is 2.34. The number of ether oxygens (including phenoxy) is 1. The molecule has 0 N–H and O–H groups in total. The first kappa shape index (κ1) is 15.5. The van der Waals surface area contributed by atoms with Crippen molar-refractivity contribution in [3.05, 3.63) is 59.4 Å². The van der Waals surface area contributed by atoms with E-state index >= 15 is 0 Å². The van der Waals surface area contributed by atoms with E-state index in [2.05, 4.69) is 4.98 Å². The molecular weight excluding hydrogens is 288 g/mol. The summed E-state index contributed by atoms with van der Waals surface area (Å²) in [7, 11) is 0. The highest BCUT2D eigenvalue weighted by atomic mass is 16.5. The molecule has 0 radical (unpaired) electrons. The fourth-order valence-electron chi connectivity index (χ4n) is 2.71. The molecule has 4 nitrogen and oxygen atoms in total. The van der Waals surface area contributed by atoms with Gasteiger partial charge in [0.05, 0.1) is 6.61 Å². The average Bonchev–Trinajstić information content (AvgIpc) is 3.39. The molecule has 0 bridgehead atoms. The summed E-state index contributed by atoms with van der Waals surface area (Å²) in [5.41, 5.74) is 2.51. The molecule has 1 aromatic heterocycles. The quantitative estimate of drug-likeness (QED) is 0.819. The maximum absolute atomic E-state index is 12.9. The summed E-state index contributed by atoms with van der Waals surface area (Å²) in [5, 5.41) is 0. The largest absolute Gasteiger partial charge is 0.494 e. The number of aromatic nitrogens is 1. The maximum atomic E-state index is 12.9. The fourth-order valence-corrected chi connectivity index (χ4v) is 2.71. The third-order valence-corrected chi connectivity index (χ3v) is 4.07. The van der Waals surface area contributed by atoms with E-state index in [4.69, 9.17) is 4.74 Å². The van der Waals surface area contributed by atoms with Crippen molar-refractivity contribution in [3.63, 3.8) is 0 Å². The lowest BCUT2D eigenvalue weighted by atomic mass is 10.1. The molecule has 1 aliphatic rings. The molecule has 0 spiro atoms. The lowest BCUT2D eigenvalue weighted by Gasteiger charge is -2.24. The van der Waals surface area contributed by atoms with E-state index in [0.29, 0.717) is 24.9 Å². The van der Waals surface area contributed by atoms with Gasteiger partial charge in [-0.15, -0.1) is 0 Å². The van der Waals surface area contributed by atoms with Crippen molar-refractivity contribution in [1.82, 2.24) is 9.88 Å². The molecular formula is C19H22N2O2. The molecule has 0 unspecified atom stereocenters. The van der Waals surface area contributed by atoms with E-state index in [0.717, 1.165) is 29.7 Å². The van der Waals surface area contributed by atoms with Gasteiger partial charge in [-0.25, -0.2) is 0 Å². The van der Waals surface area contributed by atoms with Crippen LogP contribution in [0.2, 0.25) is 0 Å². The normalized spacial score (nSPS) is 13.7. The molecule has 3 rings (SSSR count). The Bertz CT molecular complexity index is 695. The first-order valence-electron chi connectivity index (χ1n) is 8.14. The highest BCUT2D eigenvalue weighted by molar-refractivity contribution is 5.94. The SMILES string of the molecule is CCOc1ccccc1CN(C(=O)c1ncccc1C)C1CC1. The Morgan fingerprint density at radius 3 is 2.74 bits per heavy atom. The second kappa shape index (κ2) is 6.82. The number of carbonyl (C=O) groups is 1. The van der Waals surface area contributed by atoms with Gasteiger partial charge in [0, 0.05) is 24.3 Å². The van der Waals surface area contributed by atoms with Crippen molar-refractivity contribution in [3.8, 4) is 5.75 Å². The van der Waals surface area contributed by atoms with Gasteiger partial charge in [0.1, 0.15) is 11.4 Å². The number of pyridine rings is 1. The van der Waals surface area contributed by atoms with Crippen LogP contribution in [0.25, 0.3) is 0 Å². The lowest BCUT2D eigenvalue weighted by Crippen LogP contribution is -2.33. The van der Waals surface area contributed by atoms with E-state index in [1.54, 1.807) is 6.20 Å². The molecule has 0 aliphatic heterocycles. The van der Waals surface area contributed by atoms with Crippen LogP contribution in [0, 0.1) is 6.92 Å². The van der Waals surface area contributed by atoms with Crippen molar-refractivity contribution >= 4 is 5.91 Å². The van der Waals surface area contributed by atoms with E-state index in [1.165, 1.54) is 0 Å². The summed E-state index contributed by atoms with van der Waals surface area (Å²) in [4.78, 5) is 19.2. The number of aryl methyl sites for hydroxylation is 1. The van der Waals surface area contributed by atoms with Gasteiger partial charge in [-0.1, -0.05) is 24.3 Å². The van der Waals surface area contributed by atoms with E-state index in [9.17, 15) is 4.79 Å². The van der Waals surface area contributed by atoms with Crippen LogP contribution in [0.3, 0.4) is 0 Å². The van der Waals surface area contributed by atoms with Crippen LogP contribution < -0.4 is 4.74 Å². The van der Waals surface area contributed by atoms with Crippen molar-refractivity contribution in [2.75, 3.05) is 6.61 Å². The lowest BCUT2D eigenvalue weighted by molar-refractivity contribution is 0.0721. The highest BCUT2D eigenvalue weighted by Crippen LogP contribution is 2.31. The summed E-state index contributed by atoms with van der Waals surface area (Å²) >= 11 is 0. The van der Waals surface area contributed by atoms with E-state index in [-0.39, 0.29) is 5.91 Å². The minimum Gasteiger partial charge on any atom is -0.494 e. The molecule has 4 heteroatoms. The zero-order valence-electron chi connectivity index (χ0n) is 13.7. The van der Waals surface area contributed by atoms with Gasteiger partial charge in [-0.2, -0.15) is 0 Å². The summed E-state index contributed by atoms with van der Waals surface area (Å²) in [6.45, 7) is 5.08. The summed E-state index contributed by atoms with van der Waals surface area (Å²) in [5.74, 6) is 0.864. The van der Waals surface area contributed by atoms with Crippen LogP contribution in [-0.4, -0.2) is 28.4 Å². The Kier molecular flexibility index (Phi) is 4.60. The number of benzene rings is 1. The van der Waals surface area contributed by atoms with Crippen molar-refractivity contribution in [2.24, 2.45) is 0 Å². The molecule has 23 heavy (non-hydrogen) atoms. The first-order chi connectivity index (χ1) is 11.2. The van der Waals surface area contributed by atoms with Gasteiger partial charge in [-0.3, -0.25) is 9.78 Å². The molecule has 120 valence electrons. The van der Waals surface area contributed by atoms with Crippen LogP contribution in [-0.2, 0) is 6.54 Å². The van der Waals surface area contributed by atoms with Gasteiger partial charge >= 0.3 is 0 Å². The van der Waals surface area contributed by atoms with E-state index < -0.39 is 0 Å². The van der Waals surface area contributed by atoms with E-state index in [1.807, 2.05) is 55.1 Å². The van der Waals surface area contributed by atoms with Crippen LogP contribution in [0.15, 0.2) is 42.6 Å². The predicted molar refractivity (Wildman–Crippen MR) is 89.5 cm³/mol. The van der Waals surface area contributed by atoms with Crippen LogP contribution in [0.5, 0.6) is 5.75 Å². The number of para-hydroxylation sites is 1.